The second-order valence-electron chi connectivity index (χ2n) is 5.26. The summed E-state index contributed by atoms with van der Waals surface area (Å²) < 4.78 is 0. The molecular weight excluding hydrogens is 216 g/mol. The van der Waals surface area contributed by atoms with Crippen LogP contribution in [-0.2, 0) is 0 Å². The fraction of sp³-hybridized carbons (Fsp3) is 0.667. The second-order valence-corrected chi connectivity index (χ2v) is 5.26. The van der Waals surface area contributed by atoms with Crippen LogP contribution in [0, 0.1) is 6.08 Å². The predicted molar refractivity (Wildman–Crippen MR) is 81.5 cm³/mol. The van der Waals surface area contributed by atoms with Crippen LogP contribution in [0.25, 0.3) is 0 Å². The lowest BCUT2D eigenvalue weighted by Crippen LogP contribution is -1.82. The summed E-state index contributed by atoms with van der Waals surface area (Å²) in [5, 5.41) is 0. The zero-order valence-corrected chi connectivity index (χ0v) is 11.9. The van der Waals surface area contributed by atoms with E-state index in [1.807, 2.05) is 0 Å². The maximum Gasteiger partial charge on any atom is -0.0276 e. The van der Waals surface area contributed by atoms with Gasteiger partial charge in [-0.3, -0.25) is 0 Å². The Kier molecular flexibility index (Phi) is 10.8. The lowest BCUT2D eigenvalue weighted by molar-refractivity contribution is 0.553. The van der Waals surface area contributed by atoms with Gasteiger partial charge in [0, 0.05) is 0 Å². The Morgan fingerprint density at radius 3 is 1.89 bits per heavy atom. The van der Waals surface area contributed by atoms with E-state index in [9.17, 15) is 0 Å². The summed E-state index contributed by atoms with van der Waals surface area (Å²) in [7, 11) is 0. The average molecular weight is 245 g/mol. The summed E-state index contributed by atoms with van der Waals surface area (Å²) >= 11 is 0. The molecule has 0 nitrogen and oxygen atoms in total. The van der Waals surface area contributed by atoms with Gasteiger partial charge in [-0.1, -0.05) is 81.7 Å². The Morgan fingerprint density at radius 1 is 0.556 bits per heavy atom. The molecule has 1 radical (unpaired) electrons. The smallest absolute Gasteiger partial charge is 0.0276 e. The summed E-state index contributed by atoms with van der Waals surface area (Å²) in [4.78, 5) is 0. The molecule has 0 heterocycles. The highest BCUT2D eigenvalue weighted by molar-refractivity contribution is 5.09. The Bertz CT molecular complexity index is 219. The van der Waals surface area contributed by atoms with E-state index in [-0.39, 0.29) is 0 Å². The molecule has 0 N–H and O–H groups in total. The van der Waals surface area contributed by atoms with E-state index < -0.39 is 0 Å². The summed E-state index contributed by atoms with van der Waals surface area (Å²) in [5.74, 6) is 0. The largest absolute Gasteiger partial charge is 0.0845 e. The fourth-order valence-electron chi connectivity index (χ4n) is 2.35. The van der Waals surface area contributed by atoms with Gasteiger partial charge in [0.1, 0.15) is 0 Å². The Hall–Kier alpha value is -0.780. The van der Waals surface area contributed by atoms with E-state index in [0.29, 0.717) is 0 Å². The fourth-order valence-corrected chi connectivity index (χ4v) is 2.35. The van der Waals surface area contributed by atoms with Crippen molar-refractivity contribution in [3.8, 4) is 0 Å². The molecule has 1 rings (SSSR count). The minimum absolute atomic E-state index is 1.12. The topological polar surface area (TPSA) is 0 Å². The van der Waals surface area contributed by atoms with Crippen molar-refractivity contribution in [1.29, 1.82) is 0 Å². The molecule has 1 aliphatic carbocycles. The van der Waals surface area contributed by atoms with E-state index in [1.165, 1.54) is 70.6 Å². The van der Waals surface area contributed by atoms with Crippen LogP contribution in [0.3, 0.4) is 0 Å². The Labute approximate surface area is 114 Å². The molecular formula is C18H29. The third kappa shape index (κ3) is 10.4. The van der Waals surface area contributed by atoms with Crippen LogP contribution in [0.15, 0.2) is 30.4 Å². The SMILES string of the molecule is [C]1=C/C=C/C=C\CCCCCCCCCCCC/1. The first-order valence-electron chi connectivity index (χ1n) is 7.88. The van der Waals surface area contributed by atoms with Crippen LogP contribution >= 0.6 is 0 Å². The highest BCUT2D eigenvalue weighted by atomic mass is 14.0. The van der Waals surface area contributed by atoms with Crippen molar-refractivity contribution in [3.05, 3.63) is 36.5 Å². The van der Waals surface area contributed by atoms with Crippen LogP contribution in [0.4, 0.5) is 0 Å². The normalized spacial score (nSPS) is 26.7. The molecule has 0 spiro atoms. The summed E-state index contributed by atoms with van der Waals surface area (Å²) in [6, 6.07) is 0. The minimum atomic E-state index is 1.12. The first-order chi connectivity index (χ1) is 9.00. The summed E-state index contributed by atoms with van der Waals surface area (Å²) in [6.45, 7) is 0. The first kappa shape index (κ1) is 15.3. The van der Waals surface area contributed by atoms with E-state index in [0.717, 1.165) is 6.42 Å². The van der Waals surface area contributed by atoms with Crippen molar-refractivity contribution in [2.24, 2.45) is 0 Å². The third-order valence-electron chi connectivity index (χ3n) is 3.51. The van der Waals surface area contributed by atoms with Crippen molar-refractivity contribution in [3.63, 3.8) is 0 Å². The Balaban J connectivity index is 2.20. The zero-order valence-electron chi connectivity index (χ0n) is 11.9. The highest BCUT2D eigenvalue weighted by Crippen LogP contribution is 2.12. The van der Waals surface area contributed by atoms with Crippen LogP contribution < -0.4 is 0 Å². The van der Waals surface area contributed by atoms with Gasteiger partial charge in [0.05, 0.1) is 0 Å². The molecule has 0 heteroatoms. The van der Waals surface area contributed by atoms with Gasteiger partial charge in [-0.25, -0.2) is 0 Å². The molecule has 0 atom stereocenters. The lowest BCUT2D eigenvalue weighted by atomic mass is 10.0. The molecule has 0 aromatic carbocycles. The van der Waals surface area contributed by atoms with Gasteiger partial charge in [0.15, 0.2) is 0 Å². The van der Waals surface area contributed by atoms with E-state index in [1.54, 1.807) is 0 Å². The molecule has 1 aliphatic rings. The molecule has 0 aliphatic heterocycles. The summed E-state index contributed by atoms with van der Waals surface area (Å²) in [6.07, 6.45) is 30.5. The number of rotatable bonds is 0. The number of hydrogen-bond acceptors (Lipinski definition) is 0. The molecule has 0 aromatic heterocycles. The molecule has 0 saturated carbocycles. The maximum atomic E-state index is 3.34. The van der Waals surface area contributed by atoms with Crippen molar-refractivity contribution in [1.82, 2.24) is 0 Å². The van der Waals surface area contributed by atoms with Crippen molar-refractivity contribution in [2.45, 2.75) is 77.0 Å². The molecule has 0 bridgehead atoms. The van der Waals surface area contributed by atoms with Crippen molar-refractivity contribution < 1.29 is 0 Å². The van der Waals surface area contributed by atoms with Gasteiger partial charge in [-0.05, 0) is 31.8 Å². The van der Waals surface area contributed by atoms with Crippen LogP contribution in [0.2, 0.25) is 0 Å². The molecule has 0 unspecified atom stereocenters. The van der Waals surface area contributed by atoms with E-state index >= 15 is 0 Å². The van der Waals surface area contributed by atoms with Crippen molar-refractivity contribution >= 4 is 0 Å². The standard InChI is InChI=1S/C18H29/c1-2-4-6-8-10-12-14-16-18-17-15-13-11-9-7-5-3-1/h1-5H,6,8-18H2/b3-1+,4-2-,7-5?. The first-order valence-corrected chi connectivity index (χ1v) is 7.88. The van der Waals surface area contributed by atoms with Gasteiger partial charge < -0.3 is 0 Å². The maximum absolute atomic E-state index is 3.34. The van der Waals surface area contributed by atoms with Crippen LogP contribution in [0.1, 0.15) is 77.0 Å². The average Bonchev–Trinajstić information content (AvgIpc) is 2.39. The molecule has 101 valence electrons. The quantitative estimate of drug-likeness (QED) is 0.480. The highest BCUT2D eigenvalue weighted by Gasteiger charge is 1.92. The molecule has 0 saturated heterocycles. The number of hydrogen-bond donors (Lipinski definition) is 0. The van der Waals surface area contributed by atoms with Gasteiger partial charge in [-0.2, -0.15) is 0 Å². The third-order valence-corrected chi connectivity index (χ3v) is 3.51. The lowest BCUT2D eigenvalue weighted by Gasteiger charge is -2.01. The van der Waals surface area contributed by atoms with Crippen LogP contribution in [0.5, 0.6) is 0 Å². The number of allylic oxidation sites excluding steroid dienone is 6. The monoisotopic (exact) mass is 245 g/mol. The summed E-state index contributed by atoms with van der Waals surface area (Å²) in [5.41, 5.74) is 0. The van der Waals surface area contributed by atoms with Gasteiger partial charge in [0.2, 0.25) is 0 Å². The molecule has 18 heavy (non-hydrogen) atoms. The van der Waals surface area contributed by atoms with Crippen molar-refractivity contribution in [2.75, 3.05) is 0 Å². The van der Waals surface area contributed by atoms with Gasteiger partial charge in [-0.15, -0.1) is 0 Å². The van der Waals surface area contributed by atoms with E-state index in [2.05, 4.69) is 36.5 Å². The van der Waals surface area contributed by atoms with Gasteiger partial charge in [0.25, 0.3) is 0 Å². The Morgan fingerprint density at radius 2 is 1.17 bits per heavy atom. The zero-order chi connectivity index (χ0) is 12.7. The minimum Gasteiger partial charge on any atom is -0.0845 e. The second kappa shape index (κ2) is 12.7. The molecule has 0 amide bonds. The van der Waals surface area contributed by atoms with Crippen LogP contribution in [-0.4, -0.2) is 0 Å². The predicted octanol–water partition coefficient (Wildman–Crippen LogP) is 6.15. The molecule has 0 aromatic rings. The van der Waals surface area contributed by atoms with E-state index in [4.69, 9.17) is 0 Å². The molecule has 0 fully saturated rings. The van der Waals surface area contributed by atoms with Gasteiger partial charge >= 0.3 is 0 Å².